The van der Waals surface area contributed by atoms with Gasteiger partial charge in [-0.3, -0.25) is 0 Å². The highest BCUT2D eigenvalue weighted by atomic mass is 32.1. The Morgan fingerprint density at radius 1 is 1.42 bits per heavy atom. The topological polar surface area (TPSA) is 59.4 Å². The molecule has 3 rings (SSSR count). The number of carbonyl (C=O) groups is 1. The van der Waals surface area contributed by atoms with Gasteiger partial charge in [0.05, 0.1) is 17.7 Å². The summed E-state index contributed by atoms with van der Waals surface area (Å²) in [6.45, 7) is 0. The largest absolute Gasteiger partial charge is 0.480 e. The van der Waals surface area contributed by atoms with Crippen molar-refractivity contribution in [2.24, 2.45) is 0 Å². The van der Waals surface area contributed by atoms with E-state index in [2.05, 4.69) is 11.1 Å². The molecule has 0 atom stereocenters. The number of rotatable bonds is 3. The van der Waals surface area contributed by atoms with Gasteiger partial charge in [0.15, 0.2) is 0 Å². The van der Waals surface area contributed by atoms with E-state index in [-0.39, 0.29) is 11.4 Å². The number of thiophene rings is 1. The Labute approximate surface area is 114 Å². The summed E-state index contributed by atoms with van der Waals surface area (Å²) in [5.41, 5.74) is 2.28. The number of carboxylic acid groups (broad SMARTS) is 1. The van der Waals surface area contributed by atoms with Crippen LogP contribution in [0.2, 0.25) is 0 Å². The van der Waals surface area contributed by atoms with Gasteiger partial charge in [-0.05, 0) is 43.0 Å². The van der Waals surface area contributed by atoms with Crippen LogP contribution in [0.15, 0.2) is 18.2 Å². The molecule has 1 aliphatic carbocycles. The Bertz CT molecular complexity index is 627. The highest BCUT2D eigenvalue weighted by Gasteiger charge is 2.18. The fourth-order valence-corrected chi connectivity index (χ4v) is 3.57. The molecule has 0 spiro atoms. The first-order valence-electron chi connectivity index (χ1n) is 6.09. The van der Waals surface area contributed by atoms with Crippen LogP contribution in [0, 0.1) is 0 Å². The van der Waals surface area contributed by atoms with Gasteiger partial charge < -0.3 is 9.84 Å². The molecule has 0 fully saturated rings. The lowest BCUT2D eigenvalue weighted by molar-refractivity contribution is 0.0692. The van der Waals surface area contributed by atoms with Crippen molar-refractivity contribution in [1.29, 1.82) is 0 Å². The molecule has 0 unspecified atom stereocenters. The zero-order valence-electron chi connectivity index (χ0n) is 10.5. The number of aromatic nitrogens is 1. The van der Waals surface area contributed by atoms with Gasteiger partial charge in [-0.15, -0.1) is 11.3 Å². The number of nitrogens with zero attached hydrogens (tertiary/aromatic N) is 1. The van der Waals surface area contributed by atoms with Crippen molar-refractivity contribution in [2.45, 2.75) is 19.3 Å². The van der Waals surface area contributed by atoms with E-state index in [1.54, 1.807) is 23.5 Å². The first-order valence-corrected chi connectivity index (χ1v) is 6.91. The first kappa shape index (κ1) is 12.2. The lowest BCUT2D eigenvalue weighted by Gasteiger charge is -2.05. The molecule has 1 aliphatic rings. The predicted molar refractivity (Wildman–Crippen MR) is 73.1 cm³/mol. The Morgan fingerprint density at radius 2 is 2.26 bits per heavy atom. The van der Waals surface area contributed by atoms with Crippen LogP contribution in [0.5, 0.6) is 5.88 Å². The SMILES string of the molecule is COc1nc(-c2cc3c(s2)CCC3)ccc1C(=O)O. The molecule has 0 saturated heterocycles. The molecule has 5 heteroatoms. The van der Waals surface area contributed by atoms with Gasteiger partial charge >= 0.3 is 5.97 Å². The fourth-order valence-electron chi connectivity index (χ4n) is 2.35. The monoisotopic (exact) mass is 275 g/mol. The summed E-state index contributed by atoms with van der Waals surface area (Å²) in [5, 5.41) is 9.04. The van der Waals surface area contributed by atoms with Crippen molar-refractivity contribution in [1.82, 2.24) is 4.98 Å². The number of fused-ring (bicyclic) bond motifs is 1. The van der Waals surface area contributed by atoms with E-state index in [1.165, 1.54) is 24.0 Å². The lowest BCUT2D eigenvalue weighted by atomic mass is 10.2. The maximum Gasteiger partial charge on any atom is 0.341 e. The molecule has 1 N–H and O–H groups in total. The second-order valence-electron chi connectivity index (χ2n) is 4.47. The first-order chi connectivity index (χ1) is 9.19. The molecule has 0 saturated carbocycles. The quantitative estimate of drug-likeness (QED) is 0.935. The average molecular weight is 275 g/mol. The predicted octanol–water partition coefficient (Wildman–Crippen LogP) is 3.01. The summed E-state index contributed by atoms with van der Waals surface area (Å²) in [7, 11) is 1.44. The summed E-state index contributed by atoms with van der Waals surface area (Å²) < 4.78 is 5.06. The fraction of sp³-hybridized carbons (Fsp3) is 0.286. The Morgan fingerprint density at radius 3 is 2.95 bits per heavy atom. The second kappa shape index (κ2) is 4.66. The van der Waals surface area contributed by atoms with Gasteiger partial charge in [-0.25, -0.2) is 9.78 Å². The number of pyridine rings is 1. The second-order valence-corrected chi connectivity index (χ2v) is 5.61. The third-order valence-corrected chi connectivity index (χ3v) is 4.54. The molecular weight excluding hydrogens is 262 g/mol. The van der Waals surface area contributed by atoms with E-state index in [9.17, 15) is 4.79 Å². The van der Waals surface area contributed by atoms with E-state index < -0.39 is 5.97 Å². The smallest absolute Gasteiger partial charge is 0.341 e. The molecule has 0 radical (unpaired) electrons. The van der Waals surface area contributed by atoms with Crippen molar-refractivity contribution in [3.8, 4) is 16.5 Å². The summed E-state index contributed by atoms with van der Waals surface area (Å²) >= 11 is 1.74. The summed E-state index contributed by atoms with van der Waals surface area (Å²) in [6, 6.07) is 5.45. The van der Waals surface area contributed by atoms with Crippen molar-refractivity contribution in [3.63, 3.8) is 0 Å². The minimum absolute atomic E-state index is 0.0929. The maximum atomic E-state index is 11.0. The zero-order valence-corrected chi connectivity index (χ0v) is 11.3. The standard InChI is InChI=1S/C14H13NO3S/c1-18-13-9(14(16)17)5-6-10(15-13)12-7-8-3-2-4-11(8)19-12/h5-7H,2-4H2,1H3,(H,16,17). The molecule has 4 nitrogen and oxygen atoms in total. The van der Waals surface area contributed by atoms with Crippen LogP contribution in [0.3, 0.4) is 0 Å². The van der Waals surface area contributed by atoms with Gasteiger partial charge in [0.1, 0.15) is 5.56 Å². The molecule has 98 valence electrons. The van der Waals surface area contributed by atoms with Crippen LogP contribution >= 0.6 is 11.3 Å². The van der Waals surface area contributed by atoms with Crippen LogP contribution < -0.4 is 4.74 Å². The van der Waals surface area contributed by atoms with Crippen LogP contribution in [0.1, 0.15) is 27.2 Å². The average Bonchev–Trinajstić information content (AvgIpc) is 2.98. The Balaban J connectivity index is 2.03. The van der Waals surface area contributed by atoms with E-state index in [1.807, 2.05) is 0 Å². The number of carboxylic acids is 1. The number of aromatic carboxylic acids is 1. The lowest BCUT2D eigenvalue weighted by Crippen LogP contribution is -2.02. The van der Waals surface area contributed by atoms with Crippen molar-refractivity contribution < 1.29 is 14.6 Å². The van der Waals surface area contributed by atoms with Crippen LogP contribution in [0.25, 0.3) is 10.6 Å². The minimum Gasteiger partial charge on any atom is -0.480 e. The number of hydrogen-bond donors (Lipinski definition) is 1. The maximum absolute atomic E-state index is 11.0. The van der Waals surface area contributed by atoms with Crippen molar-refractivity contribution in [2.75, 3.05) is 7.11 Å². The molecule has 2 aromatic heterocycles. The Kier molecular flexibility index (Phi) is 2.98. The molecule has 0 bridgehead atoms. The number of ether oxygens (including phenoxy) is 1. The van der Waals surface area contributed by atoms with E-state index >= 15 is 0 Å². The summed E-state index contributed by atoms with van der Waals surface area (Å²) in [5.74, 6) is -0.858. The number of aryl methyl sites for hydroxylation is 2. The van der Waals surface area contributed by atoms with E-state index in [0.717, 1.165) is 23.4 Å². The van der Waals surface area contributed by atoms with Gasteiger partial charge in [-0.2, -0.15) is 0 Å². The summed E-state index contributed by atoms with van der Waals surface area (Å²) in [6.07, 6.45) is 3.51. The van der Waals surface area contributed by atoms with Crippen molar-refractivity contribution >= 4 is 17.3 Å². The van der Waals surface area contributed by atoms with Crippen LogP contribution in [0.4, 0.5) is 0 Å². The minimum atomic E-state index is -1.02. The van der Waals surface area contributed by atoms with E-state index in [4.69, 9.17) is 9.84 Å². The van der Waals surface area contributed by atoms with Gasteiger partial charge in [0, 0.05) is 4.88 Å². The normalized spacial score (nSPS) is 13.3. The van der Waals surface area contributed by atoms with Crippen LogP contribution in [-0.4, -0.2) is 23.2 Å². The Hall–Kier alpha value is -1.88. The molecule has 0 aromatic carbocycles. The van der Waals surface area contributed by atoms with Crippen LogP contribution in [-0.2, 0) is 12.8 Å². The third-order valence-electron chi connectivity index (χ3n) is 3.28. The summed E-state index contributed by atoms with van der Waals surface area (Å²) in [4.78, 5) is 17.8. The number of methoxy groups -OCH3 is 1. The molecular formula is C14H13NO3S. The molecule has 2 aromatic rings. The molecule has 0 amide bonds. The van der Waals surface area contributed by atoms with Crippen molar-refractivity contribution in [3.05, 3.63) is 34.2 Å². The zero-order chi connectivity index (χ0) is 13.4. The van der Waals surface area contributed by atoms with Gasteiger partial charge in [0.2, 0.25) is 5.88 Å². The third kappa shape index (κ3) is 2.10. The highest BCUT2D eigenvalue weighted by molar-refractivity contribution is 7.15. The molecule has 0 aliphatic heterocycles. The van der Waals surface area contributed by atoms with E-state index in [0.29, 0.717) is 0 Å². The highest BCUT2D eigenvalue weighted by Crippen LogP contribution is 2.36. The molecule has 19 heavy (non-hydrogen) atoms. The van der Waals surface area contributed by atoms with Gasteiger partial charge in [-0.1, -0.05) is 0 Å². The van der Waals surface area contributed by atoms with Gasteiger partial charge in [0.25, 0.3) is 0 Å². The molecule has 2 heterocycles. The number of hydrogen-bond acceptors (Lipinski definition) is 4.